The van der Waals surface area contributed by atoms with Crippen molar-refractivity contribution in [1.82, 2.24) is 14.9 Å². The molecule has 128 valence electrons. The van der Waals surface area contributed by atoms with Gasteiger partial charge in [0.25, 0.3) is 0 Å². The zero-order valence-corrected chi connectivity index (χ0v) is 15.7. The summed E-state index contributed by atoms with van der Waals surface area (Å²) in [6.45, 7) is 10.1. The molecule has 0 aliphatic carbocycles. The van der Waals surface area contributed by atoms with Gasteiger partial charge in [-0.15, -0.1) is 0 Å². The first-order chi connectivity index (χ1) is 11.3. The number of halogens is 1. The third-order valence-corrected chi connectivity index (χ3v) is 3.87. The van der Waals surface area contributed by atoms with Crippen LogP contribution in [0, 0.1) is 20.8 Å². The zero-order valence-electron chi connectivity index (χ0n) is 15.0. The third-order valence-electron chi connectivity index (χ3n) is 3.70. The van der Waals surface area contributed by atoms with Crippen LogP contribution in [0.4, 0.5) is 5.69 Å². The van der Waals surface area contributed by atoms with Crippen LogP contribution < -0.4 is 4.74 Å². The maximum Gasteiger partial charge on any atom is 0.225 e. The molecule has 0 radical (unpaired) electrons. The summed E-state index contributed by atoms with van der Waals surface area (Å²) in [5.41, 5.74) is 3.69. The molecule has 0 saturated heterocycles. The lowest BCUT2D eigenvalue weighted by Gasteiger charge is -2.17. The average molecular weight is 347 g/mol. The summed E-state index contributed by atoms with van der Waals surface area (Å²) in [5, 5.41) is 0.178. The zero-order chi connectivity index (χ0) is 17.9. The van der Waals surface area contributed by atoms with E-state index in [-0.39, 0.29) is 5.28 Å². The average Bonchev–Trinajstić information content (AvgIpc) is 2.47. The van der Waals surface area contributed by atoms with E-state index in [1.165, 1.54) is 0 Å². The first-order valence-corrected chi connectivity index (χ1v) is 8.20. The fourth-order valence-electron chi connectivity index (χ4n) is 1.98. The van der Waals surface area contributed by atoms with Crippen LogP contribution in [0.3, 0.4) is 0 Å². The highest BCUT2D eigenvalue weighted by Crippen LogP contribution is 2.31. The highest BCUT2D eigenvalue weighted by molar-refractivity contribution is 6.28. The van der Waals surface area contributed by atoms with Gasteiger partial charge in [-0.3, -0.25) is 0 Å². The minimum absolute atomic E-state index is 0.178. The van der Waals surface area contributed by atoms with E-state index < -0.39 is 0 Å². The number of aromatic nitrogens is 2. The van der Waals surface area contributed by atoms with Crippen molar-refractivity contribution < 1.29 is 4.74 Å². The number of nitrogens with zero attached hydrogens (tertiary/aromatic N) is 4. The van der Waals surface area contributed by atoms with E-state index >= 15 is 0 Å². The van der Waals surface area contributed by atoms with E-state index in [1.54, 1.807) is 6.07 Å². The molecule has 0 fully saturated rings. The molecule has 1 aromatic heterocycles. The van der Waals surface area contributed by atoms with Crippen LogP contribution in [-0.4, -0.2) is 34.3 Å². The Bertz CT molecular complexity index is 739. The Hall–Kier alpha value is -2.14. The van der Waals surface area contributed by atoms with Gasteiger partial charge in [-0.1, -0.05) is 0 Å². The fraction of sp³-hybridized carbons (Fsp3) is 0.389. The second-order valence-electron chi connectivity index (χ2n) is 6.13. The van der Waals surface area contributed by atoms with E-state index in [2.05, 4.69) is 33.7 Å². The van der Waals surface area contributed by atoms with Crippen molar-refractivity contribution in [2.45, 2.75) is 40.7 Å². The van der Waals surface area contributed by atoms with Crippen molar-refractivity contribution in [3.8, 4) is 11.6 Å². The molecule has 1 aromatic carbocycles. The van der Waals surface area contributed by atoms with Gasteiger partial charge in [0.05, 0.1) is 12.0 Å². The van der Waals surface area contributed by atoms with Gasteiger partial charge in [-0.25, -0.2) is 9.98 Å². The molecule has 0 amide bonds. The molecular formula is C18H23ClN4O. The quantitative estimate of drug-likeness (QED) is 0.441. The number of aryl methyl sites for hydroxylation is 3. The van der Waals surface area contributed by atoms with Gasteiger partial charge in [-0.05, 0) is 69.5 Å². The van der Waals surface area contributed by atoms with Gasteiger partial charge < -0.3 is 9.64 Å². The van der Waals surface area contributed by atoms with Crippen LogP contribution in [0.25, 0.3) is 0 Å². The van der Waals surface area contributed by atoms with Crippen molar-refractivity contribution in [2.75, 3.05) is 7.05 Å². The van der Waals surface area contributed by atoms with Crippen molar-refractivity contribution in [1.29, 1.82) is 0 Å². The number of benzene rings is 1. The lowest BCUT2D eigenvalue weighted by Crippen LogP contribution is -2.24. The van der Waals surface area contributed by atoms with Crippen LogP contribution in [0.15, 0.2) is 23.2 Å². The Labute approximate surface area is 148 Å². The summed E-state index contributed by atoms with van der Waals surface area (Å²) < 4.78 is 5.87. The smallest absolute Gasteiger partial charge is 0.225 e. The van der Waals surface area contributed by atoms with E-state index in [0.29, 0.717) is 11.9 Å². The molecule has 0 N–H and O–H groups in total. The predicted molar refractivity (Wildman–Crippen MR) is 98.8 cm³/mol. The van der Waals surface area contributed by atoms with E-state index in [0.717, 1.165) is 28.3 Å². The van der Waals surface area contributed by atoms with E-state index in [9.17, 15) is 0 Å². The number of hydrogen-bond acceptors (Lipinski definition) is 4. The molecule has 6 heteroatoms. The SMILES string of the molecule is Cc1cc(Oc2cc(C)c(N=CN(C)C(C)C)cc2C)nc(Cl)n1. The van der Waals surface area contributed by atoms with Crippen LogP contribution in [-0.2, 0) is 0 Å². The van der Waals surface area contributed by atoms with E-state index in [1.807, 2.05) is 46.3 Å². The summed E-state index contributed by atoms with van der Waals surface area (Å²) in [5.74, 6) is 1.17. The molecule has 1 heterocycles. The number of hydrogen-bond donors (Lipinski definition) is 0. The molecule has 2 rings (SSSR count). The van der Waals surface area contributed by atoms with Gasteiger partial charge in [0.15, 0.2) is 0 Å². The Morgan fingerprint density at radius 1 is 1.12 bits per heavy atom. The Balaban J connectivity index is 2.26. The molecule has 0 aliphatic heterocycles. The summed E-state index contributed by atoms with van der Waals surface area (Å²) in [7, 11) is 2.01. The van der Waals surface area contributed by atoms with Gasteiger partial charge in [-0.2, -0.15) is 4.98 Å². The highest BCUT2D eigenvalue weighted by Gasteiger charge is 2.09. The molecule has 0 unspecified atom stereocenters. The highest BCUT2D eigenvalue weighted by atomic mass is 35.5. The minimum Gasteiger partial charge on any atom is -0.439 e. The van der Waals surface area contributed by atoms with Gasteiger partial charge in [0.1, 0.15) is 5.75 Å². The summed E-state index contributed by atoms with van der Waals surface area (Å²) >= 11 is 5.88. The second kappa shape index (κ2) is 7.62. The maximum atomic E-state index is 5.88. The summed E-state index contributed by atoms with van der Waals surface area (Å²) in [4.78, 5) is 14.8. The van der Waals surface area contributed by atoms with Crippen molar-refractivity contribution >= 4 is 23.6 Å². The Kier molecular flexibility index (Phi) is 5.78. The molecule has 2 aromatic rings. The molecule has 0 spiro atoms. The summed E-state index contributed by atoms with van der Waals surface area (Å²) in [6.07, 6.45) is 1.85. The first-order valence-electron chi connectivity index (χ1n) is 7.82. The number of rotatable bonds is 5. The number of aliphatic imine (C=N–C) groups is 1. The van der Waals surface area contributed by atoms with Gasteiger partial charge in [0.2, 0.25) is 11.2 Å². The Morgan fingerprint density at radius 3 is 2.46 bits per heavy atom. The second-order valence-corrected chi connectivity index (χ2v) is 6.46. The van der Waals surface area contributed by atoms with Crippen molar-refractivity contribution in [3.63, 3.8) is 0 Å². The predicted octanol–water partition coefficient (Wildman–Crippen LogP) is 4.85. The van der Waals surface area contributed by atoms with Crippen molar-refractivity contribution in [3.05, 3.63) is 40.3 Å². The normalized spacial score (nSPS) is 11.3. The standard InChI is InChI=1S/C18H23ClN4O/c1-11(2)23(6)10-20-15-7-13(4)16(8-12(15)3)24-17-9-14(5)21-18(19)22-17/h7-11H,1-6H3. The molecule has 5 nitrogen and oxygen atoms in total. The first kappa shape index (κ1) is 18.2. The van der Waals surface area contributed by atoms with Gasteiger partial charge >= 0.3 is 0 Å². The van der Waals surface area contributed by atoms with Crippen LogP contribution in [0.5, 0.6) is 11.6 Å². The fourth-order valence-corrected chi connectivity index (χ4v) is 2.20. The topological polar surface area (TPSA) is 50.6 Å². The van der Waals surface area contributed by atoms with Gasteiger partial charge in [0, 0.05) is 24.8 Å². The van der Waals surface area contributed by atoms with Crippen LogP contribution >= 0.6 is 11.6 Å². The third kappa shape index (κ3) is 4.68. The van der Waals surface area contributed by atoms with Crippen molar-refractivity contribution in [2.24, 2.45) is 4.99 Å². The molecule has 0 aliphatic rings. The molecule has 0 atom stereocenters. The van der Waals surface area contributed by atoms with Crippen LogP contribution in [0.1, 0.15) is 30.7 Å². The maximum absolute atomic E-state index is 5.88. The molecule has 0 saturated carbocycles. The lowest BCUT2D eigenvalue weighted by molar-refractivity contribution is 0.429. The summed E-state index contributed by atoms with van der Waals surface area (Å²) in [6, 6.07) is 6.13. The minimum atomic E-state index is 0.178. The molecule has 0 bridgehead atoms. The van der Waals surface area contributed by atoms with Crippen LogP contribution in [0.2, 0.25) is 5.28 Å². The lowest BCUT2D eigenvalue weighted by atomic mass is 10.1. The molecular weight excluding hydrogens is 324 g/mol. The molecule has 24 heavy (non-hydrogen) atoms. The Morgan fingerprint density at radius 2 is 1.83 bits per heavy atom. The number of ether oxygens (including phenoxy) is 1. The monoisotopic (exact) mass is 346 g/mol. The largest absolute Gasteiger partial charge is 0.439 e. The van der Waals surface area contributed by atoms with E-state index in [4.69, 9.17) is 16.3 Å².